The maximum atomic E-state index is 12.1. The molecule has 0 aromatic carbocycles. The van der Waals surface area contributed by atoms with Crippen LogP contribution in [-0.2, 0) is 52.2 Å². The summed E-state index contributed by atoms with van der Waals surface area (Å²) in [4.78, 5) is 12.1. The lowest BCUT2D eigenvalue weighted by Gasteiger charge is -2.56. The molecule has 12 nitrogen and oxygen atoms in total. The molecule has 0 aromatic rings. The minimum Gasteiger partial charge on any atom is -0.382 e. The standard InChI is InChI=1S/C57H109NO11/c1-15-22-23-24-28-31-34-40-66-47-45(42-65-43-58-46(59)19-5)68-54(52(64-14)49(47)61-11)57(36-17-3,37-18-4)69-48-44(41-60-10)67-53(51(63-13)50(48)62-12)56(21-7,35-16-2)39-33-30-27-25-26-29-32-38-55(8,9)20-6/h19,44-45,47-54H,5,15-18,20-43H2,1-4,6-14H3,(H,58,59). The van der Waals surface area contributed by atoms with Crippen LogP contribution in [0.5, 0.6) is 0 Å². The summed E-state index contributed by atoms with van der Waals surface area (Å²) in [6.07, 6.45) is 23.3. The van der Waals surface area contributed by atoms with Gasteiger partial charge in [0.05, 0.1) is 24.9 Å². The van der Waals surface area contributed by atoms with E-state index in [0.717, 1.165) is 57.8 Å². The van der Waals surface area contributed by atoms with E-state index >= 15 is 0 Å². The number of carbonyl (C=O) groups excluding carboxylic acids is 1. The zero-order valence-corrected chi connectivity index (χ0v) is 46.8. The van der Waals surface area contributed by atoms with Crippen LogP contribution in [0.25, 0.3) is 0 Å². The topological polar surface area (TPSA) is 121 Å². The van der Waals surface area contributed by atoms with Gasteiger partial charge in [0.1, 0.15) is 61.7 Å². The molecule has 1 amide bonds. The third-order valence-electron chi connectivity index (χ3n) is 15.8. The molecule has 2 aliphatic heterocycles. The second-order valence-electron chi connectivity index (χ2n) is 21.3. The number of methoxy groups -OCH3 is 5. The fourth-order valence-electron chi connectivity index (χ4n) is 11.5. The van der Waals surface area contributed by atoms with Crippen molar-refractivity contribution in [3.05, 3.63) is 12.7 Å². The Morgan fingerprint density at radius 1 is 0.551 bits per heavy atom. The Kier molecular flexibility index (Phi) is 33.2. The number of carbonyl (C=O) groups is 1. The summed E-state index contributed by atoms with van der Waals surface area (Å²) in [6, 6.07) is 0. The van der Waals surface area contributed by atoms with Crippen molar-refractivity contribution in [1.82, 2.24) is 5.32 Å². The molecule has 11 unspecified atom stereocenters. The van der Waals surface area contributed by atoms with Gasteiger partial charge in [0.25, 0.3) is 0 Å². The van der Waals surface area contributed by atoms with E-state index in [1.807, 2.05) is 0 Å². The molecule has 2 fully saturated rings. The van der Waals surface area contributed by atoms with Crippen molar-refractivity contribution in [1.29, 1.82) is 0 Å². The lowest BCUT2D eigenvalue weighted by molar-refractivity contribution is -0.336. The minimum absolute atomic E-state index is 0.000811. The average molecular weight is 984 g/mol. The number of hydrogen-bond donors (Lipinski definition) is 1. The summed E-state index contributed by atoms with van der Waals surface area (Å²) in [7, 11) is 8.74. The van der Waals surface area contributed by atoms with E-state index in [4.69, 9.17) is 47.4 Å². The van der Waals surface area contributed by atoms with Gasteiger partial charge in [-0.25, -0.2) is 0 Å². The van der Waals surface area contributed by atoms with Crippen LogP contribution in [0.15, 0.2) is 12.7 Å². The number of hydrogen-bond acceptors (Lipinski definition) is 11. The highest BCUT2D eigenvalue weighted by molar-refractivity contribution is 5.86. The maximum Gasteiger partial charge on any atom is 0.245 e. The van der Waals surface area contributed by atoms with E-state index in [0.29, 0.717) is 31.5 Å². The van der Waals surface area contributed by atoms with Crippen LogP contribution in [-0.4, -0.2) is 135 Å². The Hall–Kier alpha value is -1.19. The van der Waals surface area contributed by atoms with E-state index in [1.54, 1.807) is 35.5 Å². The Balaban J connectivity index is 2.51. The predicted molar refractivity (Wildman–Crippen MR) is 280 cm³/mol. The second kappa shape index (κ2) is 35.9. The van der Waals surface area contributed by atoms with Crippen LogP contribution in [0, 0.1) is 10.8 Å². The first-order valence-corrected chi connectivity index (χ1v) is 28.0. The normalized spacial score (nSPS) is 26.5. The largest absolute Gasteiger partial charge is 0.382 e. The molecule has 408 valence electrons. The summed E-state index contributed by atoms with van der Waals surface area (Å²) >= 11 is 0. The average Bonchev–Trinajstić information content (AvgIpc) is 3.35. The van der Waals surface area contributed by atoms with Crippen molar-refractivity contribution < 1.29 is 52.2 Å². The Morgan fingerprint density at radius 2 is 1.06 bits per heavy atom. The Labute approximate surface area is 423 Å². The Bertz CT molecular complexity index is 1300. The van der Waals surface area contributed by atoms with E-state index in [9.17, 15) is 4.79 Å². The van der Waals surface area contributed by atoms with Crippen molar-refractivity contribution >= 4 is 5.91 Å². The van der Waals surface area contributed by atoms with Crippen LogP contribution >= 0.6 is 0 Å². The number of unbranched alkanes of at least 4 members (excludes halogenated alkanes) is 12. The molecular formula is C57H109NO11. The molecule has 12 heteroatoms. The van der Waals surface area contributed by atoms with Crippen LogP contribution in [0.4, 0.5) is 0 Å². The lowest BCUT2D eigenvalue weighted by Crippen LogP contribution is -2.70. The highest BCUT2D eigenvalue weighted by atomic mass is 16.7. The van der Waals surface area contributed by atoms with Gasteiger partial charge < -0.3 is 52.7 Å². The van der Waals surface area contributed by atoms with Crippen LogP contribution in [0.2, 0.25) is 0 Å². The molecule has 0 spiro atoms. The summed E-state index contributed by atoms with van der Waals surface area (Å²) in [5.74, 6) is -0.310. The highest BCUT2D eigenvalue weighted by Gasteiger charge is 2.60. The van der Waals surface area contributed by atoms with Crippen LogP contribution in [0.1, 0.15) is 209 Å². The van der Waals surface area contributed by atoms with Gasteiger partial charge >= 0.3 is 0 Å². The fraction of sp³-hybridized carbons (Fsp3) is 0.947. The molecule has 1 N–H and O–H groups in total. The molecular weight excluding hydrogens is 875 g/mol. The molecule has 69 heavy (non-hydrogen) atoms. The molecule has 2 saturated heterocycles. The predicted octanol–water partition coefficient (Wildman–Crippen LogP) is 12.5. The van der Waals surface area contributed by atoms with Crippen molar-refractivity contribution in [3.8, 4) is 0 Å². The SMILES string of the molecule is C=CC(=O)NCOCC1OC(C(CCC)(CCC)OC2C(COC)OC(C(CC)(CCC)CCCCCCCCCC(C)(C)CC)C(OC)C2OC)C(OC)C(OC)C1OCCCCCCCCC. The fourth-order valence-corrected chi connectivity index (χ4v) is 11.5. The van der Waals surface area contributed by atoms with E-state index in [-0.39, 0.29) is 36.9 Å². The van der Waals surface area contributed by atoms with Gasteiger partial charge in [-0.1, -0.05) is 171 Å². The number of ether oxygens (including phenoxy) is 10. The van der Waals surface area contributed by atoms with Crippen molar-refractivity contribution in [3.63, 3.8) is 0 Å². The van der Waals surface area contributed by atoms with Crippen molar-refractivity contribution in [2.45, 2.75) is 276 Å². The lowest BCUT2D eigenvalue weighted by atomic mass is 9.68. The zero-order valence-electron chi connectivity index (χ0n) is 46.8. The summed E-state index contributed by atoms with van der Waals surface area (Å²) in [6.45, 7) is 22.9. The first-order chi connectivity index (χ1) is 33.4. The molecule has 0 aliphatic carbocycles. The molecule has 2 heterocycles. The molecule has 0 aromatic heterocycles. The van der Waals surface area contributed by atoms with Gasteiger partial charge in [-0.15, -0.1) is 0 Å². The summed E-state index contributed by atoms with van der Waals surface area (Å²) < 4.78 is 67.3. The van der Waals surface area contributed by atoms with Gasteiger partial charge in [-0.05, 0) is 61.9 Å². The quantitative estimate of drug-likeness (QED) is 0.0357. The second-order valence-corrected chi connectivity index (χ2v) is 21.3. The van der Waals surface area contributed by atoms with Gasteiger partial charge in [0, 0.05) is 42.2 Å². The molecule has 2 rings (SSSR count). The van der Waals surface area contributed by atoms with Crippen molar-refractivity contribution in [2.75, 3.05) is 62.1 Å². The number of nitrogens with one attached hydrogen (secondary N) is 1. The van der Waals surface area contributed by atoms with Gasteiger partial charge in [0.15, 0.2) is 0 Å². The summed E-state index contributed by atoms with van der Waals surface area (Å²) in [5, 5.41) is 2.74. The van der Waals surface area contributed by atoms with Gasteiger partial charge in [-0.3, -0.25) is 4.79 Å². The smallest absolute Gasteiger partial charge is 0.245 e. The maximum absolute atomic E-state index is 12.1. The molecule has 2 aliphatic rings. The molecule has 11 atom stereocenters. The first-order valence-electron chi connectivity index (χ1n) is 28.0. The highest BCUT2D eigenvalue weighted by Crippen LogP contribution is 2.48. The van der Waals surface area contributed by atoms with E-state index < -0.39 is 54.4 Å². The van der Waals surface area contributed by atoms with Gasteiger partial charge in [-0.2, -0.15) is 0 Å². The minimum atomic E-state index is -0.876. The van der Waals surface area contributed by atoms with E-state index in [1.165, 1.54) is 89.5 Å². The number of amides is 1. The zero-order chi connectivity index (χ0) is 51.1. The Morgan fingerprint density at radius 3 is 1.58 bits per heavy atom. The van der Waals surface area contributed by atoms with Crippen LogP contribution < -0.4 is 5.32 Å². The number of rotatable bonds is 42. The third-order valence-corrected chi connectivity index (χ3v) is 15.8. The first kappa shape index (κ1) is 63.9. The van der Waals surface area contributed by atoms with Crippen LogP contribution in [0.3, 0.4) is 0 Å². The molecule has 0 radical (unpaired) electrons. The van der Waals surface area contributed by atoms with Gasteiger partial charge in [0.2, 0.25) is 5.91 Å². The van der Waals surface area contributed by atoms with E-state index in [2.05, 4.69) is 67.3 Å². The monoisotopic (exact) mass is 984 g/mol. The molecule has 0 saturated carbocycles. The summed E-state index contributed by atoms with van der Waals surface area (Å²) in [5.41, 5.74) is -0.529. The third kappa shape index (κ3) is 20.2. The van der Waals surface area contributed by atoms with Crippen molar-refractivity contribution in [2.24, 2.45) is 10.8 Å². The molecule has 0 bridgehead atoms.